The maximum Gasteiger partial charge on any atom is 0.283 e. The predicted molar refractivity (Wildman–Crippen MR) is 58.1 cm³/mol. The van der Waals surface area contributed by atoms with Crippen molar-refractivity contribution in [3.05, 3.63) is 12.5 Å². The number of imidazole rings is 1. The van der Waals surface area contributed by atoms with Crippen molar-refractivity contribution in [2.75, 3.05) is 19.5 Å². The Bertz CT molecular complexity index is 522. The highest BCUT2D eigenvalue weighted by Gasteiger charge is 2.17. The first-order chi connectivity index (χ1) is 8.24. The summed E-state index contributed by atoms with van der Waals surface area (Å²) in [6.07, 6.45) is 2.03. The van der Waals surface area contributed by atoms with Gasteiger partial charge in [0.15, 0.2) is 5.65 Å². The molecule has 2 aromatic heterocycles. The first-order valence-electron chi connectivity index (χ1n) is 4.77. The number of H-pyrrole nitrogens is 1. The second kappa shape index (κ2) is 4.85. The Hall–Kier alpha value is -2.06. The fourth-order valence-electron chi connectivity index (χ4n) is 1.28. The number of carbonyl (C=O) groups is 1. The van der Waals surface area contributed by atoms with Crippen LogP contribution in [-0.2, 0) is 14.3 Å². The van der Waals surface area contributed by atoms with Crippen molar-refractivity contribution < 1.29 is 14.3 Å². The number of fused-ring (bicyclic) bond motifs is 1. The fourth-order valence-corrected chi connectivity index (χ4v) is 1.28. The first-order valence-corrected chi connectivity index (χ1v) is 4.77. The Labute approximate surface area is 96.4 Å². The summed E-state index contributed by atoms with van der Waals surface area (Å²) in [5, 5.41) is 2.46. The number of nitrogens with one attached hydrogen (secondary N) is 2. The minimum Gasteiger partial charge on any atom is -0.348 e. The molecule has 0 saturated heterocycles. The summed E-state index contributed by atoms with van der Waals surface area (Å²) in [5.41, 5.74) is 1.17. The van der Waals surface area contributed by atoms with Crippen LogP contribution in [-0.4, -0.2) is 46.4 Å². The number of methoxy groups -OCH3 is 2. The Morgan fingerprint density at radius 2 is 2.18 bits per heavy atom. The van der Waals surface area contributed by atoms with Gasteiger partial charge in [0.2, 0.25) is 12.2 Å². The van der Waals surface area contributed by atoms with Crippen molar-refractivity contribution in [2.45, 2.75) is 6.29 Å². The standard InChI is InChI=1S/C9H11N5O3/c1-16-8(17-2)7(15)14-9-10-3-5-6(13-9)12-4-11-5/h3-4,8H,1-2H3,(H2,10,11,12,13,14,15). The average molecular weight is 237 g/mol. The average Bonchev–Trinajstić information content (AvgIpc) is 2.77. The van der Waals surface area contributed by atoms with Gasteiger partial charge < -0.3 is 14.5 Å². The van der Waals surface area contributed by atoms with Gasteiger partial charge in [0.25, 0.3) is 5.91 Å². The van der Waals surface area contributed by atoms with Gasteiger partial charge in [-0.05, 0) is 0 Å². The Kier molecular flexibility index (Phi) is 3.26. The van der Waals surface area contributed by atoms with E-state index in [1.807, 2.05) is 0 Å². The van der Waals surface area contributed by atoms with Crippen LogP contribution >= 0.6 is 0 Å². The van der Waals surface area contributed by atoms with Crippen LogP contribution in [0.15, 0.2) is 12.5 Å². The number of rotatable bonds is 4. The lowest BCUT2D eigenvalue weighted by Gasteiger charge is -2.11. The zero-order chi connectivity index (χ0) is 12.3. The van der Waals surface area contributed by atoms with E-state index in [0.717, 1.165) is 0 Å². The zero-order valence-electron chi connectivity index (χ0n) is 9.30. The molecule has 1 amide bonds. The smallest absolute Gasteiger partial charge is 0.283 e. The number of hydrogen-bond acceptors (Lipinski definition) is 6. The van der Waals surface area contributed by atoms with Crippen molar-refractivity contribution in [2.24, 2.45) is 0 Å². The molecule has 2 rings (SSSR count). The molecule has 0 aliphatic heterocycles. The second-order valence-corrected chi connectivity index (χ2v) is 3.13. The van der Waals surface area contributed by atoms with E-state index in [9.17, 15) is 4.79 Å². The van der Waals surface area contributed by atoms with E-state index in [-0.39, 0.29) is 5.95 Å². The maximum absolute atomic E-state index is 11.6. The molecule has 2 heterocycles. The molecule has 0 spiro atoms. The van der Waals surface area contributed by atoms with Gasteiger partial charge in [0.05, 0.1) is 12.5 Å². The van der Waals surface area contributed by atoms with E-state index in [2.05, 4.69) is 25.3 Å². The summed E-state index contributed by atoms with van der Waals surface area (Å²) in [6, 6.07) is 0. The van der Waals surface area contributed by atoms with Crippen LogP contribution < -0.4 is 5.32 Å². The molecule has 90 valence electrons. The summed E-state index contributed by atoms with van der Waals surface area (Å²) >= 11 is 0. The molecule has 0 saturated carbocycles. The van der Waals surface area contributed by atoms with E-state index >= 15 is 0 Å². The lowest BCUT2D eigenvalue weighted by Crippen LogP contribution is -2.31. The van der Waals surface area contributed by atoms with Crippen LogP contribution in [0.3, 0.4) is 0 Å². The van der Waals surface area contributed by atoms with Gasteiger partial charge in [-0.3, -0.25) is 10.1 Å². The summed E-state index contributed by atoms with van der Waals surface area (Å²) < 4.78 is 9.59. The highest BCUT2D eigenvalue weighted by atomic mass is 16.7. The van der Waals surface area contributed by atoms with Gasteiger partial charge >= 0.3 is 0 Å². The van der Waals surface area contributed by atoms with Crippen LogP contribution in [0.25, 0.3) is 11.2 Å². The third kappa shape index (κ3) is 2.37. The van der Waals surface area contributed by atoms with Crippen LogP contribution in [0.5, 0.6) is 0 Å². The van der Waals surface area contributed by atoms with Crippen molar-refractivity contribution in [1.82, 2.24) is 19.9 Å². The Balaban J connectivity index is 2.14. The first kappa shape index (κ1) is 11.4. The lowest BCUT2D eigenvalue weighted by molar-refractivity contribution is -0.153. The van der Waals surface area contributed by atoms with Gasteiger partial charge in [-0.15, -0.1) is 0 Å². The molecule has 8 heteroatoms. The van der Waals surface area contributed by atoms with Gasteiger partial charge in [0, 0.05) is 14.2 Å². The van der Waals surface area contributed by atoms with Crippen LogP contribution in [0.4, 0.5) is 5.95 Å². The molecule has 0 atom stereocenters. The van der Waals surface area contributed by atoms with Gasteiger partial charge in [-0.1, -0.05) is 0 Å². The number of nitrogens with zero attached hydrogens (tertiary/aromatic N) is 3. The molecule has 2 aromatic rings. The molecule has 8 nitrogen and oxygen atoms in total. The third-order valence-corrected chi connectivity index (χ3v) is 2.05. The van der Waals surface area contributed by atoms with Gasteiger partial charge in [0.1, 0.15) is 5.52 Å². The highest BCUT2D eigenvalue weighted by Crippen LogP contribution is 2.07. The molecule has 0 aliphatic carbocycles. The molecule has 0 aromatic carbocycles. The molecule has 0 radical (unpaired) electrons. The minimum atomic E-state index is -0.992. The summed E-state index contributed by atoms with van der Waals surface area (Å²) in [7, 11) is 2.73. The fraction of sp³-hybridized carbons (Fsp3) is 0.333. The number of carbonyl (C=O) groups excluding carboxylic acids is 1. The molecule has 2 N–H and O–H groups in total. The number of hydrogen-bond donors (Lipinski definition) is 2. The summed E-state index contributed by atoms with van der Waals surface area (Å²) in [5.74, 6) is -0.335. The van der Waals surface area contributed by atoms with Crippen molar-refractivity contribution in [3.63, 3.8) is 0 Å². The number of anilines is 1. The maximum atomic E-state index is 11.6. The van der Waals surface area contributed by atoms with Crippen molar-refractivity contribution in [1.29, 1.82) is 0 Å². The quantitative estimate of drug-likeness (QED) is 0.720. The number of ether oxygens (including phenoxy) is 2. The molecule has 0 aliphatic rings. The second-order valence-electron chi connectivity index (χ2n) is 3.13. The predicted octanol–water partition coefficient (Wildman–Crippen LogP) is -0.0897. The Morgan fingerprint density at radius 1 is 1.41 bits per heavy atom. The molecule has 0 unspecified atom stereocenters. The van der Waals surface area contributed by atoms with E-state index in [0.29, 0.717) is 11.2 Å². The van der Waals surface area contributed by atoms with E-state index in [4.69, 9.17) is 9.47 Å². The SMILES string of the molecule is COC(OC)C(=O)Nc1ncc2[nH]cnc2n1. The normalized spacial score (nSPS) is 11.0. The number of aromatic nitrogens is 4. The molecule has 17 heavy (non-hydrogen) atoms. The molecule has 0 fully saturated rings. The lowest BCUT2D eigenvalue weighted by atomic mass is 10.5. The van der Waals surface area contributed by atoms with Crippen LogP contribution in [0.1, 0.15) is 0 Å². The number of aromatic amines is 1. The molecular weight excluding hydrogens is 226 g/mol. The van der Waals surface area contributed by atoms with Gasteiger partial charge in [-0.2, -0.15) is 4.98 Å². The van der Waals surface area contributed by atoms with E-state index in [1.165, 1.54) is 26.7 Å². The summed E-state index contributed by atoms with van der Waals surface area (Å²) in [4.78, 5) is 26.4. The van der Waals surface area contributed by atoms with Gasteiger partial charge in [-0.25, -0.2) is 9.97 Å². The third-order valence-electron chi connectivity index (χ3n) is 2.05. The van der Waals surface area contributed by atoms with Crippen molar-refractivity contribution in [3.8, 4) is 0 Å². The number of amides is 1. The largest absolute Gasteiger partial charge is 0.348 e. The van der Waals surface area contributed by atoms with E-state index < -0.39 is 12.2 Å². The topological polar surface area (TPSA) is 102 Å². The summed E-state index contributed by atoms with van der Waals surface area (Å²) in [6.45, 7) is 0. The monoisotopic (exact) mass is 237 g/mol. The minimum absolute atomic E-state index is 0.147. The zero-order valence-corrected chi connectivity index (χ0v) is 9.30. The highest BCUT2D eigenvalue weighted by molar-refractivity contribution is 5.92. The molecular formula is C9H11N5O3. The van der Waals surface area contributed by atoms with Crippen LogP contribution in [0.2, 0.25) is 0 Å². The van der Waals surface area contributed by atoms with Crippen molar-refractivity contribution >= 4 is 23.0 Å². The van der Waals surface area contributed by atoms with E-state index in [1.54, 1.807) is 0 Å². The Morgan fingerprint density at radius 3 is 2.88 bits per heavy atom. The molecule has 0 bridgehead atoms. The van der Waals surface area contributed by atoms with Crippen LogP contribution in [0, 0.1) is 0 Å².